The van der Waals surface area contributed by atoms with Crippen LogP contribution in [-0.2, 0) is 56.5 Å². The van der Waals surface area contributed by atoms with Crippen LogP contribution in [0.4, 0.5) is 21.0 Å². The number of sulfonamides is 2. The summed E-state index contributed by atoms with van der Waals surface area (Å²) >= 11 is 0. The predicted molar refractivity (Wildman–Crippen MR) is 284 cm³/mol. The number of anilines is 2. The smallest absolute Gasteiger partial charge is 0.411 e. The summed E-state index contributed by atoms with van der Waals surface area (Å²) < 4.78 is 82.1. The fraction of sp³-hybridized carbons (Fsp3) is 0.200. The van der Waals surface area contributed by atoms with Crippen molar-refractivity contribution in [2.45, 2.75) is 42.9 Å². The van der Waals surface area contributed by atoms with Crippen molar-refractivity contribution >= 4 is 77.2 Å². The minimum atomic E-state index is -4.12. The molecule has 75 heavy (non-hydrogen) atoms. The number of hydrogen-bond acceptors (Lipinski definition) is 12. The van der Waals surface area contributed by atoms with E-state index in [2.05, 4.69) is 20.1 Å². The van der Waals surface area contributed by atoms with Gasteiger partial charge in [-0.2, -0.15) is 0 Å². The largest absolute Gasteiger partial charge is 0.496 e. The van der Waals surface area contributed by atoms with Gasteiger partial charge in [0.15, 0.2) is 0 Å². The molecule has 4 amide bonds. The first kappa shape index (κ1) is 52.7. The Labute approximate surface area is 433 Å². The number of fused-ring (bicyclic) bond motifs is 2. The molecule has 2 heterocycles. The maximum absolute atomic E-state index is 13.1. The van der Waals surface area contributed by atoms with E-state index in [1.807, 2.05) is 59.9 Å². The average molecular weight is 1060 g/mol. The van der Waals surface area contributed by atoms with Gasteiger partial charge in [0.2, 0.25) is 0 Å². The van der Waals surface area contributed by atoms with E-state index in [0.29, 0.717) is 46.8 Å². The molecular formula is C55H54N6O12S2. The van der Waals surface area contributed by atoms with E-state index in [4.69, 9.17) is 18.9 Å². The topological polar surface area (TPSA) is 231 Å². The zero-order chi connectivity index (χ0) is 53.6. The molecule has 0 aliphatic carbocycles. The van der Waals surface area contributed by atoms with Crippen LogP contribution in [0.5, 0.6) is 11.5 Å². The van der Waals surface area contributed by atoms with E-state index in [1.165, 1.54) is 50.6 Å². The highest BCUT2D eigenvalue weighted by atomic mass is 32.2. The Morgan fingerprint density at radius 1 is 0.507 bits per heavy atom. The summed E-state index contributed by atoms with van der Waals surface area (Å²) in [5.74, 6) is -0.823. The maximum atomic E-state index is 13.1. The molecule has 0 saturated heterocycles. The molecule has 0 bridgehead atoms. The molecule has 4 N–H and O–H groups in total. The van der Waals surface area contributed by atoms with Crippen molar-refractivity contribution in [1.82, 2.24) is 18.6 Å². The van der Waals surface area contributed by atoms with Crippen LogP contribution in [0.2, 0.25) is 0 Å². The third-order valence-electron chi connectivity index (χ3n) is 12.5. The number of rotatable bonds is 18. The highest BCUT2D eigenvalue weighted by Gasteiger charge is 2.24. The van der Waals surface area contributed by atoms with Gasteiger partial charge in [-0.3, -0.25) is 20.2 Å². The Bertz CT molecular complexity index is 3510. The van der Waals surface area contributed by atoms with Gasteiger partial charge in [-0.1, -0.05) is 48.5 Å². The molecule has 0 aliphatic heterocycles. The molecule has 0 unspecified atom stereocenters. The third-order valence-corrected chi connectivity index (χ3v) is 15.5. The van der Waals surface area contributed by atoms with E-state index >= 15 is 0 Å². The van der Waals surface area contributed by atoms with Crippen molar-refractivity contribution in [3.05, 3.63) is 178 Å². The molecule has 0 fully saturated rings. The lowest BCUT2D eigenvalue weighted by molar-refractivity contribution is 0.0972. The van der Waals surface area contributed by atoms with Gasteiger partial charge in [0.1, 0.15) is 11.5 Å². The molecule has 0 radical (unpaired) electrons. The fourth-order valence-corrected chi connectivity index (χ4v) is 11.2. The van der Waals surface area contributed by atoms with Gasteiger partial charge in [0.25, 0.3) is 31.9 Å². The summed E-state index contributed by atoms with van der Waals surface area (Å²) in [6.45, 7) is 3.22. The summed E-state index contributed by atoms with van der Waals surface area (Å²) in [4.78, 5) is 51.9. The van der Waals surface area contributed by atoms with Crippen molar-refractivity contribution in [1.29, 1.82) is 0 Å². The summed E-state index contributed by atoms with van der Waals surface area (Å²) in [6.07, 6.45) is 3.49. The molecule has 0 atom stereocenters. The molecule has 20 heteroatoms. The molecule has 0 spiro atoms. The van der Waals surface area contributed by atoms with Crippen molar-refractivity contribution in [2.24, 2.45) is 14.1 Å². The SMILES string of the molecule is COc1cc(C(=O)NS(=O)(=O)c2ccccc2C)ccc1Cc1cn(C)c2ccc(NC(=O)OCCCOC(=O)Nc3ccc4c(c3)c(Cc3ccc(C(=O)NS(=O)(=O)c5ccccc5C)cc3OC)cn4C)cc12. The van der Waals surface area contributed by atoms with Gasteiger partial charge in [0, 0.05) is 90.1 Å². The number of ether oxygens (including phenoxy) is 4. The molecule has 0 saturated carbocycles. The number of methoxy groups -OCH3 is 2. The summed E-state index contributed by atoms with van der Waals surface area (Å²) in [5, 5.41) is 7.19. The minimum Gasteiger partial charge on any atom is -0.496 e. The molecule has 18 nitrogen and oxygen atoms in total. The van der Waals surface area contributed by atoms with E-state index in [-0.39, 0.29) is 40.6 Å². The number of carbonyl (C=O) groups excluding carboxylic acids is 4. The second-order valence-electron chi connectivity index (χ2n) is 17.7. The monoisotopic (exact) mass is 1050 g/mol. The zero-order valence-electron chi connectivity index (χ0n) is 41.8. The summed E-state index contributed by atoms with van der Waals surface area (Å²) in [6, 6.07) is 33.1. The van der Waals surface area contributed by atoms with E-state index in [1.54, 1.807) is 74.5 Å². The number of benzene rings is 6. The van der Waals surface area contributed by atoms with Crippen molar-refractivity contribution in [3.8, 4) is 11.5 Å². The number of aromatic nitrogens is 2. The lowest BCUT2D eigenvalue weighted by atomic mass is 10.0. The number of hydrogen-bond donors (Lipinski definition) is 4. The number of nitrogens with one attached hydrogen (secondary N) is 4. The molecule has 8 rings (SSSR count). The zero-order valence-corrected chi connectivity index (χ0v) is 43.5. The number of aryl methyl sites for hydroxylation is 4. The van der Waals surface area contributed by atoms with Gasteiger partial charge in [-0.15, -0.1) is 0 Å². The van der Waals surface area contributed by atoms with Crippen LogP contribution in [0.3, 0.4) is 0 Å². The highest BCUT2D eigenvalue weighted by molar-refractivity contribution is 7.90. The maximum Gasteiger partial charge on any atom is 0.411 e. The molecule has 2 aromatic heterocycles. The van der Waals surface area contributed by atoms with E-state index < -0.39 is 44.0 Å². The lowest BCUT2D eigenvalue weighted by Crippen LogP contribution is -2.31. The first-order chi connectivity index (χ1) is 35.8. The fourth-order valence-electron chi connectivity index (χ4n) is 8.74. The molecule has 8 aromatic rings. The summed E-state index contributed by atoms with van der Waals surface area (Å²) in [7, 11) is -1.50. The first-order valence-electron chi connectivity index (χ1n) is 23.5. The van der Waals surface area contributed by atoms with Gasteiger partial charge in [-0.05, 0) is 120 Å². The Morgan fingerprint density at radius 3 is 1.29 bits per heavy atom. The highest BCUT2D eigenvalue weighted by Crippen LogP contribution is 2.32. The Kier molecular flexibility index (Phi) is 15.6. The molecule has 388 valence electrons. The first-order valence-corrected chi connectivity index (χ1v) is 26.4. The quantitative estimate of drug-likeness (QED) is 0.0590. The lowest BCUT2D eigenvalue weighted by Gasteiger charge is -2.12. The Balaban J connectivity index is 0.823. The number of carbonyl (C=O) groups is 4. The Hall–Kier alpha value is -8.62. The van der Waals surface area contributed by atoms with Crippen LogP contribution < -0.4 is 29.6 Å². The van der Waals surface area contributed by atoms with Gasteiger partial charge in [0.05, 0.1) is 37.2 Å². The second-order valence-corrected chi connectivity index (χ2v) is 21.0. The van der Waals surface area contributed by atoms with E-state index in [0.717, 1.165) is 44.1 Å². The molecule has 0 aliphatic rings. The second kappa shape index (κ2) is 22.2. The van der Waals surface area contributed by atoms with Crippen molar-refractivity contribution < 1.29 is 55.0 Å². The predicted octanol–water partition coefficient (Wildman–Crippen LogP) is 8.91. The summed E-state index contributed by atoms with van der Waals surface area (Å²) in [5.41, 5.74) is 7.23. The van der Waals surface area contributed by atoms with Crippen LogP contribution in [0.1, 0.15) is 60.5 Å². The van der Waals surface area contributed by atoms with Crippen molar-refractivity contribution in [3.63, 3.8) is 0 Å². The Morgan fingerprint density at radius 2 is 0.907 bits per heavy atom. The normalized spacial score (nSPS) is 11.5. The minimum absolute atomic E-state index is 0.00944. The van der Waals surface area contributed by atoms with Gasteiger partial charge >= 0.3 is 12.2 Å². The third kappa shape index (κ3) is 12.1. The van der Waals surface area contributed by atoms with Crippen LogP contribution in [0, 0.1) is 13.8 Å². The number of amides is 4. The number of nitrogens with zero attached hydrogens (tertiary/aromatic N) is 2. The van der Waals surface area contributed by atoms with Crippen LogP contribution in [0.15, 0.2) is 144 Å². The van der Waals surface area contributed by atoms with Crippen LogP contribution in [-0.4, -0.2) is 77.4 Å². The van der Waals surface area contributed by atoms with Crippen molar-refractivity contribution in [2.75, 3.05) is 38.1 Å². The average Bonchev–Trinajstić information content (AvgIpc) is 3.86. The van der Waals surface area contributed by atoms with Gasteiger partial charge < -0.3 is 28.1 Å². The van der Waals surface area contributed by atoms with Crippen LogP contribution >= 0.6 is 0 Å². The standard InChI is InChI=1S/C55H54N6O12S2/c1-34-12-7-9-14-50(34)74(66,67)58-52(62)38-18-16-36(48(28-38)70-5)26-40-32-60(3)46-22-20-42(30-44(40)46)56-54(64)72-24-11-25-73-55(65)57-43-21-23-47-45(31-43)41(33-61(47)4)27-37-17-19-39(29-49(37)71-6)53(63)59-75(68,69)51-15-10-8-13-35(51)2/h7-10,12-23,28-33H,11,24-27H2,1-6H3,(H,56,64)(H,57,65)(H,58,62)(H,59,63). The molecule has 6 aromatic carbocycles. The van der Waals surface area contributed by atoms with Gasteiger partial charge in [-0.25, -0.2) is 35.9 Å². The van der Waals surface area contributed by atoms with Crippen LogP contribution in [0.25, 0.3) is 21.8 Å². The van der Waals surface area contributed by atoms with E-state index in [9.17, 15) is 36.0 Å². The molecular weight excluding hydrogens is 1000 g/mol.